The van der Waals surface area contributed by atoms with Gasteiger partial charge in [0.2, 0.25) is 17.7 Å². The Kier molecular flexibility index (Phi) is 8.33. The molecular weight excluding hydrogens is 611 g/mol. The smallest absolute Gasteiger partial charge is 0.417 e. The summed E-state index contributed by atoms with van der Waals surface area (Å²) in [4.78, 5) is 46.6. The average Bonchev–Trinajstić information content (AvgIpc) is 3.88. The molecule has 244 valence electrons. The predicted octanol–water partition coefficient (Wildman–Crippen LogP) is 4.49. The Hall–Kier alpha value is -3.48. The van der Waals surface area contributed by atoms with E-state index in [1.54, 1.807) is 6.92 Å². The zero-order valence-corrected chi connectivity index (χ0v) is 26.5. The van der Waals surface area contributed by atoms with E-state index in [0.717, 1.165) is 6.07 Å². The van der Waals surface area contributed by atoms with E-state index in [-0.39, 0.29) is 41.9 Å². The molecule has 1 N–H and O–H groups in total. The molecule has 2 amide bonds. The van der Waals surface area contributed by atoms with Crippen molar-refractivity contribution >= 4 is 38.2 Å². The third-order valence-corrected chi connectivity index (χ3v) is 11.5. The number of alkyl halides is 3. The van der Waals surface area contributed by atoms with E-state index in [0.29, 0.717) is 12.8 Å². The van der Waals surface area contributed by atoms with E-state index in [1.807, 2.05) is 20.8 Å². The number of sulfone groups is 1. The molecule has 1 saturated heterocycles. The van der Waals surface area contributed by atoms with Gasteiger partial charge in [0.15, 0.2) is 15.6 Å². The maximum absolute atomic E-state index is 13.9. The molecule has 2 heterocycles. The summed E-state index contributed by atoms with van der Waals surface area (Å²) in [6.45, 7) is 11.1. The first-order valence-electron chi connectivity index (χ1n) is 15.0. The van der Waals surface area contributed by atoms with Crippen LogP contribution >= 0.6 is 0 Å². The van der Waals surface area contributed by atoms with Crippen molar-refractivity contribution in [2.24, 2.45) is 17.3 Å². The van der Waals surface area contributed by atoms with Crippen LogP contribution in [-0.4, -0.2) is 71.1 Å². The van der Waals surface area contributed by atoms with E-state index in [9.17, 15) is 36.0 Å². The topological polar surface area (TPSA) is 123 Å². The third kappa shape index (κ3) is 6.45. The molecule has 2 aliphatic carbocycles. The fraction of sp³-hybridized carbons (Fsp3) is 0.562. The number of aromatic nitrogens is 1. The second kappa shape index (κ2) is 11.4. The summed E-state index contributed by atoms with van der Waals surface area (Å²) in [5, 5.41) is 2.28. The first-order chi connectivity index (χ1) is 20.9. The first kappa shape index (κ1) is 32.9. The normalized spacial score (nSPS) is 25.9. The highest BCUT2D eigenvalue weighted by atomic mass is 32.2. The number of carbonyl (C=O) groups is 3. The lowest BCUT2D eigenvalue weighted by Crippen LogP contribution is -2.55. The number of pyridine rings is 1. The fourth-order valence-corrected chi connectivity index (χ4v) is 7.65. The number of ketones is 1. The number of carbonyl (C=O) groups excluding carboxylic acids is 3. The molecule has 9 nitrogen and oxygen atoms in total. The number of hydrogen-bond acceptors (Lipinski definition) is 7. The molecule has 45 heavy (non-hydrogen) atoms. The molecule has 3 aliphatic rings. The maximum Gasteiger partial charge on any atom is 0.417 e. The van der Waals surface area contributed by atoms with Crippen LogP contribution in [0.4, 0.5) is 13.2 Å². The Labute approximate surface area is 260 Å². The summed E-state index contributed by atoms with van der Waals surface area (Å²) in [7, 11) is -3.64. The van der Waals surface area contributed by atoms with E-state index in [4.69, 9.17) is 4.74 Å². The quantitative estimate of drug-likeness (QED) is 0.377. The van der Waals surface area contributed by atoms with Crippen LogP contribution in [0, 0.1) is 17.3 Å². The second-order valence-electron chi connectivity index (χ2n) is 13.5. The molecule has 13 heteroatoms. The summed E-state index contributed by atoms with van der Waals surface area (Å²) < 4.78 is 72.4. The van der Waals surface area contributed by atoms with Crippen molar-refractivity contribution in [3.05, 3.63) is 48.7 Å². The highest BCUT2D eigenvalue weighted by molar-refractivity contribution is 7.93. The number of ether oxygens (including phenoxy) is 1. The van der Waals surface area contributed by atoms with Crippen LogP contribution in [0.2, 0.25) is 0 Å². The number of rotatable bonds is 10. The van der Waals surface area contributed by atoms with Crippen molar-refractivity contribution in [2.45, 2.75) is 82.5 Å². The first-order valence-corrected chi connectivity index (χ1v) is 16.7. The number of halogens is 3. The molecule has 5 atom stereocenters. The predicted molar refractivity (Wildman–Crippen MR) is 161 cm³/mol. The molecule has 1 aliphatic heterocycles. The highest BCUT2D eigenvalue weighted by Crippen LogP contribution is 2.46. The van der Waals surface area contributed by atoms with Gasteiger partial charge in [0.1, 0.15) is 23.4 Å². The number of likely N-dealkylation sites (tertiary alicyclic amines) is 1. The van der Waals surface area contributed by atoms with Gasteiger partial charge < -0.3 is 15.0 Å². The Balaban J connectivity index is 1.42. The number of fused-ring (bicyclic) bond motifs is 1. The van der Waals surface area contributed by atoms with Gasteiger partial charge in [-0.15, -0.1) is 6.58 Å². The minimum absolute atomic E-state index is 0.0190. The zero-order chi connectivity index (χ0) is 33.1. The van der Waals surface area contributed by atoms with Gasteiger partial charge in [-0.05, 0) is 42.9 Å². The van der Waals surface area contributed by atoms with Gasteiger partial charge >= 0.3 is 6.18 Å². The lowest BCUT2D eigenvalue weighted by Gasteiger charge is -2.33. The van der Waals surface area contributed by atoms with Crippen molar-refractivity contribution < 1.29 is 40.7 Å². The van der Waals surface area contributed by atoms with Crippen molar-refractivity contribution in [3.8, 4) is 5.88 Å². The lowest BCUT2D eigenvalue weighted by molar-refractivity contribution is -0.144. The molecule has 5 rings (SSSR count). The van der Waals surface area contributed by atoms with Gasteiger partial charge in [-0.1, -0.05) is 39.8 Å². The van der Waals surface area contributed by atoms with Crippen molar-refractivity contribution in [3.63, 3.8) is 0 Å². The maximum atomic E-state index is 13.9. The van der Waals surface area contributed by atoms with Gasteiger partial charge in [0.05, 0.1) is 17.4 Å². The molecule has 0 bridgehead atoms. The number of nitrogens with one attached hydrogen (secondary N) is 1. The standard InChI is InChI=1S/C32H38F3N3O6S/c1-6-19-15-31(19,26(39)17-45(42,43)21-10-11-21)37-27(40)25-14-20(16-38(25)29(41)18(2)30(3,4)5)44-28-23-8-7-9-24(32(33,34)35)22(23)12-13-36-28/h6-9,12-13,18-21,25H,1,10-11,14-17H2,2-5H3,(H,37,40)/t18-,19-,20-,25+,31-/m1/s1. The number of Topliss-reactive ketones (excluding diaryl/α,β-unsaturated/α-hetero) is 1. The monoisotopic (exact) mass is 649 g/mol. The highest BCUT2D eigenvalue weighted by Gasteiger charge is 2.61. The zero-order valence-electron chi connectivity index (χ0n) is 25.7. The molecule has 0 unspecified atom stereocenters. The van der Waals surface area contributed by atoms with Gasteiger partial charge in [-0.25, -0.2) is 13.4 Å². The van der Waals surface area contributed by atoms with E-state index >= 15 is 0 Å². The molecule has 2 aromatic rings. The summed E-state index contributed by atoms with van der Waals surface area (Å²) in [6.07, 6.45) is -1.49. The second-order valence-corrected chi connectivity index (χ2v) is 15.8. The molecule has 1 aromatic heterocycles. The summed E-state index contributed by atoms with van der Waals surface area (Å²) >= 11 is 0. The Morgan fingerprint density at radius 3 is 2.44 bits per heavy atom. The van der Waals surface area contributed by atoms with Crippen molar-refractivity contribution in [2.75, 3.05) is 12.3 Å². The van der Waals surface area contributed by atoms with E-state index in [2.05, 4.69) is 16.9 Å². The Bertz CT molecular complexity index is 1650. The van der Waals surface area contributed by atoms with Crippen LogP contribution in [0.1, 0.15) is 58.9 Å². The molecular formula is C32H38F3N3O6S. The molecule has 3 fully saturated rings. The van der Waals surface area contributed by atoms with E-state index in [1.165, 1.54) is 35.4 Å². The van der Waals surface area contributed by atoms with Crippen LogP contribution < -0.4 is 10.1 Å². The lowest BCUT2D eigenvalue weighted by atomic mass is 9.81. The number of hydrogen-bond donors (Lipinski definition) is 1. The van der Waals surface area contributed by atoms with Gasteiger partial charge in [-0.3, -0.25) is 14.4 Å². The van der Waals surface area contributed by atoms with Crippen molar-refractivity contribution in [1.82, 2.24) is 15.2 Å². The SMILES string of the molecule is C=C[C@@H]1C[C@]1(NC(=O)[C@@H]1C[C@@H](Oc2nccc3c(C(F)(F)F)cccc23)CN1C(=O)[C@@H](C)C(C)(C)C)C(=O)CS(=O)(=O)C1CC1. The number of benzene rings is 1. The molecule has 2 saturated carbocycles. The summed E-state index contributed by atoms with van der Waals surface area (Å²) in [5.41, 5.74) is -2.73. The fourth-order valence-electron chi connectivity index (χ4n) is 5.94. The molecule has 0 spiro atoms. The van der Waals surface area contributed by atoms with Crippen LogP contribution in [0.5, 0.6) is 5.88 Å². The van der Waals surface area contributed by atoms with Crippen LogP contribution in [0.3, 0.4) is 0 Å². The Morgan fingerprint density at radius 1 is 1.18 bits per heavy atom. The minimum Gasteiger partial charge on any atom is -0.472 e. The summed E-state index contributed by atoms with van der Waals surface area (Å²) in [5.74, 6) is -3.30. The van der Waals surface area contributed by atoms with Crippen LogP contribution in [0.15, 0.2) is 43.1 Å². The number of nitrogens with zero attached hydrogens (tertiary/aromatic N) is 2. The third-order valence-electron chi connectivity index (χ3n) is 9.38. The average molecular weight is 650 g/mol. The molecule has 1 aromatic carbocycles. The van der Waals surface area contributed by atoms with E-state index < -0.39 is 79.2 Å². The Morgan fingerprint density at radius 2 is 1.87 bits per heavy atom. The van der Waals surface area contributed by atoms with Crippen LogP contribution in [-0.2, 0) is 30.4 Å². The van der Waals surface area contributed by atoms with Crippen LogP contribution in [0.25, 0.3) is 10.8 Å². The van der Waals surface area contributed by atoms with Gasteiger partial charge in [0, 0.05) is 35.2 Å². The van der Waals surface area contributed by atoms with Gasteiger partial charge in [0.25, 0.3) is 0 Å². The minimum atomic E-state index is -4.60. The number of amides is 2. The van der Waals surface area contributed by atoms with Crippen molar-refractivity contribution in [1.29, 1.82) is 0 Å². The largest absolute Gasteiger partial charge is 0.472 e. The molecule has 0 radical (unpaired) electrons. The van der Waals surface area contributed by atoms with Gasteiger partial charge in [-0.2, -0.15) is 13.2 Å². The summed E-state index contributed by atoms with van der Waals surface area (Å²) in [6, 6.07) is 3.87.